The molecule has 10 rings (SSSR count). The van der Waals surface area contributed by atoms with Crippen LogP contribution in [0, 0.1) is 0 Å². The molecule has 3 heteroatoms. The van der Waals surface area contributed by atoms with Gasteiger partial charge in [0.1, 0.15) is 0 Å². The van der Waals surface area contributed by atoms with Gasteiger partial charge in [0.2, 0.25) is 0 Å². The maximum atomic E-state index is 5.39. The zero-order valence-corrected chi connectivity index (χ0v) is 30.2. The number of nitrogens with zero attached hydrogens (tertiary/aromatic N) is 3. The Balaban J connectivity index is 1.09. The minimum atomic E-state index is -0.155. The van der Waals surface area contributed by atoms with E-state index in [-0.39, 0.29) is 5.41 Å². The first-order valence-electron chi connectivity index (χ1n) is 18.6. The number of benzene rings is 8. The molecule has 0 saturated heterocycles. The van der Waals surface area contributed by atoms with Crippen LogP contribution in [-0.4, -0.2) is 9.97 Å². The van der Waals surface area contributed by atoms with Gasteiger partial charge in [-0.3, -0.25) is 0 Å². The Morgan fingerprint density at radius 3 is 1.61 bits per heavy atom. The second-order valence-electron chi connectivity index (χ2n) is 14.6. The summed E-state index contributed by atoms with van der Waals surface area (Å²) < 4.78 is 0. The predicted octanol–water partition coefficient (Wildman–Crippen LogP) is 13.6. The lowest BCUT2D eigenvalue weighted by molar-refractivity contribution is 0.660. The summed E-state index contributed by atoms with van der Waals surface area (Å²) in [5, 5.41) is 2.25. The first kappa shape index (κ1) is 31.9. The molecule has 3 nitrogen and oxygen atoms in total. The Bertz CT molecular complexity index is 2790. The highest BCUT2D eigenvalue weighted by Crippen LogP contribution is 2.51. The molecule has 8 aromatic carbocycles. The van der Waals surface area contributed by atoms with Gasteiger partial charge in [-0.05, 0) is 93.4 Å². The van der Waals surface area contributed by atoms with E-state index in [4.69, 9.17) is 9.97 Å². The van der Waals surface area contributed by atoms with E-state index in [1.807, 2.05) is 12.1 Å². The smallest absolute Gasteiger partial charge is 0.0973 e. The number of hydrogen-bond acceptors (Lipinski definition) is 3. The van der Waals surface area contributed by atoms with Gasteiger partial charge in [-0.15, -0.1) is 0 Å². The molecule has 0 bridgehead atoms. The van der Waals surface area contributed by atoms with E-state index >= 15 is 0 Å². The minimum absolute atomic E-state index is 0.155. The Hall–Kier alpha value is -6.84. The van der Waals surface area contributed by atoms with Crippen LogP contribution in [0.3, 0.4) is 0 Å². The van der Waals surface area contributed by atoms with E-state index in [0.29, 0.717) is 0 Å². The number of rotatable bonds is 6. The maximum Gasteiger partial charge on any atom is 0.0973 e. The molecule has 0 radical (unpaired) electrons. The summed E-state index contributed by atoms with van der Waals surface area (Å²) in [6.45, 7) is 4.71. The number of fused-ring (bicyclic) bond motifs is 6. The van der Waals surface area contributed by atoms with Crippen molar-refractivity contribution in [3.05, 3.63) is 199 Å². The first-order valence-corrected chi connectivity index (χ1v) is 18.6. The van der Waals surface area contributed by atoms with Gasteiger partial charge in [-0.2, -0.15) is 0 Å². The van der Waals surface area contributed by atoms with Crippen molar-refractivity contribution in [1.29, 1.82) is 0 Å². The molecule has 0 amide bonds. The quantitative estimate of drug-likeness (QED) is 0.163. The van der Waals surface area contributed by atoms with Crippen molar-refractivity contribution < 1.29 is 0 Å². The average molecular weight is 692 g/mol. The van der Waals surface area contributed by atoms with Crippen molar-refractivity contribution in [3.8, 4) is 44.8 Å². The van der Waals surface area contributed by atoms with Crippen molar-refractivity contribution in [2.24, 2.45) is 0 Å². The van der Waals surface area contributed by atoms with Gasteiger partial charge < -0.3 is 4.90 Å². The van der Waals surface area contributed by atoms with Crippen LogP contribution in [0.2, 0.25) is 0 Å². The standard InChI is InChI=1S/C51H37N3/c1-51(2)45-29-25-38(32-44(45)42-28-27-41(33-46(42)51)54(39-19-11-5-12-20-39)40-21-13-6-14-22-40)37-24-23-34-26-30-47-50(43(34)31-37)53-49(36-17-9-4-10-18-36)48(52-47)35-15-7-3-8-16-35/h3-33H,1-2H3. The van der Waals surface area contributed by atoms with E-state index in [1.54, 1.807) is 0 Å². The van der Waals surface area contributed by atoms with E-state index in [9.17, 15) is 0 Å². The monoisotopic (exact) mass is 691 g/mol. The second kappa shape index (κ2) is 12.7. The molecule has 256 valence electrons. The summed E-state index contributed by atoms with van der Waals surface area (Å²) in [7, 11) is 0. The molecule has 0 atom stereocenters. The zero-order chi connectivity index (χ0) is 36.2. The molecule has 0 saturated carbocycles. The molecule has 54 heavy (non-hydrogen) atoms. The number of anilines is 3. The van der Waals surface area contributed by atoms with Crippen molar-refractivity contribution in [2.45, 2.75) is 19.3 Å². The number of hydrogen-bond donors (Lipinski definition) is 0. The fourth-order valence-electron chi connectivity index (χ4n) is 8.27. The third-order valence-corrected chi connectivity index (χ3v) is 11.0. The van der Waals surface area contributed by atoms with Crippen molar-refractivity contribution >= 4 is 38.9 Å². The lowest BCUT2D eigenvalue weighted by Gasteiger charge is -2.28. The van der Waals surface area contributed by atoms with Crippen LogP contribution >= 0.6 is 0 Å². The highest BCUT2D eigenvalue weighted by atomic mass is 15.1. The third-order valence-electron chi connectivity index (χ3n) is 11.0. The average Bonchev–Trinajstić information content (AvgIpc) is 3.46. The molecular weight excluding hydrogens is 655 g/mol. The fraction of sp³-hybridized carbons (Fsp3) is 0.0588. The van der Waals surface area contributed by atoms with Crippen LogP contribution in [0.15, 0.2) is 188 Å². The summed E-state index contributed by atoms with van der Waals surface area (Å²) in [5.74, 6) is 0. The summed E-state index contributed by atoms with van der Waals surface area (Å²) in [4.78, 5) is 13.0. The third kappa shape index (κ3) is 5.28. The van der Waals surface area contributed by atoms with Gasteiger partial charge in [0.15, 0.2) is 0 Å². The van der Waals surface area contributed by atoms with Crippen LogP contribution in [-0.2, 0) is 5.41 Å². The Morgan fingerprint density at radius 1 is 0.407 bits per heavy atom. The molecule has 1 aliphatic carbocycles. The summed E-state index contributed by atoms with van der Waals surface area (Å²) in [6, 6.07) is 67.1. The number of para-hydroxylation sites is 2. The molecule has 9 aromatic rings. The van der Waals surface area contributed by atoms with Crippen LogP contribution in [0.1, 0.15) is 25.0 Å². The van der Waals surface area contributed by atoms with E-state index in [2.05, 4.69) is 195 Å². The van der Waals surface area contributed by atoms with Crippen molar-refractivity contribution in [1.82, 2.24) is 9.97 Å². The highest BCUT2D eigenvalue weighted by Gasteiger charge is 2.36. The zero-order valence-electron chi connectivity index (χ0n) is 30.2. The predicted molar refractivity (Wildman–Crippen MR) is 226 cm³/mol. The van der Waals surface area contributed by atoms with Gasteiger partial charge in [-0.25, -0.2) is 9.97 Å². The highest BCUT2D eigenvalue weighted by molar-refractivity contribution is 6.07. The van der Waals surface area contributed by atoms with Crippen LogP contribution < -0.4 is 4.90 Å². The summed E-state index contributed by atoms with van der Waals surface area (Å²) in [6.07, 6.45) is 0. The first-order chi connectivity index (χ1) is 26.5. The molecule has 1 aromatic heterocycles. The lowest BCUT2D eigenvalue weighted by atomic mass is 9.82. The van der Waals surface area contributed by atoms with Gasteiger partial charge in [0.25, 0.3) is 0 Å². The minimum Gasteiger partial charge on any atom is -0.310 e. The molecule has 1 heterocycles. The lowest BCUT2D eigenvalue weighted by Crippen LogP contribution is -2.16. The molecule has 0 N–H and O–H groups in total. The van der Waals surface area contributed by atoms with Crippen molar-refractivity contribution in [3.63, 3.8) is 0 Å². The van der Waals surface area contributed by atoms with E-state index in [0.717, 1.165) is 66.9 Å². The van der Waals surface area contributed by atoms with E-state index in [1.165, 1.54) is 27.8 Å². The van der Waals surface area contributed by atoms with Crippen LogP contribution in [0.4, 0.5) is 17.1 Å². The summed E-state index contributed by atoms with van der Waals surface area (Å²) >= 11 is 0. The largest absolute Gasteiger partial charge is 0.310 e. The summed E-state index contributed by atoms with van der Waals surface area (Å²) in [5.41, 5.74) is 16.6. The topological polar surface area (TPSA) is 29.0 Å². The Kier molecular flexibility index (Phi) is 7.48. The van der Waals surface area contributed by atoms with Crippen molar-refractivity contribution in [2.75, 3.05) is 4.90 Å². The molecule has 0 unspecified atom stereocenters. The Morgan fingerprint density at radius 2 is 0.963 bits per heavy atom. The molecule has 0 aliphatic heterocycles. The number of aromatic nitrogens is 2. The van der Waals surface area contributed by atoms with Crippen LogP contribution in [0.5, 0.6) is 0 Å². The molecular formula is C51H37N3. The van der Waals surface area contributed by atoms with Crippen LogP contribution in [0.25, 0.3) is 66.6 Å². The Labute approximate surface area is 315 Å². The van der Waals surface area contributed by atoms with Gasteiger partial charge in [0.05, 0.1) is 22.4 Å². The molecule has 1 aliphatic rings. The maximum absolute atomic E-state index is 5.39. The van der Waals surface area contributed by atoms with E-state index < -0.39 is 0 Å². The van der Waals surface area contributed by atoms with Gasteiger partial charge in [0, 0.05) is 39.0 Å². The van der Waals surface area contributed by atoms with Gasteiger partial charge in [-0.1, -0.05) is 147 Å². The normalized spacial score (nSPS) is 12.8. The van der Waals surface area contributed by atoms with Gasteiger partial charge >= 0.3 is 0 Å². The molecule has 0 spiro atoms. The SMILES string of the molecule is CC1(C)c2ccc(-c3ccc4ccc5nc(-c6ccccc6)c(-c6ccccc6)nc5c4c3)cc2-c2ccc(N(c3ccccc3)c3ccccc3)cc21. The molecule has 0 fully saturated rings. The second-order valence-corrected chi connectivity index (χ2v) is 14.6. The fourth-order valence-corrected chi connectivity index (χ4v) is 8.27.